The molecule has 2 aromatic carbocycles. The minimum Gasteiger partial charge on any atom is -0.327 e. The molecule has 4 heteroatoms. The summed E-state index contributed by atoms with van der Waals surface area (Å²) in [7, 11) is 0. The lowest BCUT2D eigenvalue weighted by molar-refractivity contribution is 0.721. The maximum absolute atomic E-state index is 6.24. The minimum atomic E-state index is 0.0118. The topological polar surface area (TPSA) is 26.0 Å². The van der Waals surface area contributed by atoms with Gasteiger partial charge in [-0.05, 0) is 37.6 Å². The molecule has 2 aromatic rings. The lowest BCUT2D eigenvalue weighted by atomic mass is 10.1. The Labute approximate surface area is 134 Å². The first-order valence-corrected chi connectivity index (χ1v) is 8.05. The van der Waals surface area contributed by atoms with Gasteiger partial charge < -0.3 is 5.73 Å². The highest BCUT2D eigenvalue weighted by molar-refractivity contribution is 7.99. The molecule has 0 heterocycles. The van der Waals surface area contributed by atoms with E-state index in [4.69, 9.17) is 28.9 Å². The van der Waals surface area contributed by atoms with E-state index in [0.29, 0.717) is 10.0 Å². The van der Waals surface area contributed by atoms with Crippen LogP contribution in [0.3, 0.4) is 0 Å². The van der Waals surface area contributed by atoms with Gasteiger partial charge in [-0.1, -0.05) is 53.0 Å². The highest BCUT2D eigenvalue weighted by Gasteiger charge is 2.19. The van der Waals surface area contributed by atoms with Gasteiger partial charge in [-0.3, -0.25) is 0 Å². The van der Waals surface area contributed by atoms with Crippen LogP contribution in [0.4, 0.5) is 0 Å². The third-order valence-electron chi connectivity index (χ3n) is 3.03. The van der Waals surface area contributed by atoms with Crippen LogP contribution in [0.5, 0.6) is 0 Å². The Bertz CT molecular complexity index is 582. The van der Waals surface area contributed by atoms with Crippen LogP contribution in [0.1, 0.15) is 23.3 Å². The lowest BCUT2D eigenvalue weighted by Gasteiger charge is -2.21. The van der Waals surface area contributed by atoms with Crippen LogP contribution < -0.4 is 5.73 Å². The zero-order valence-electron chi connectivity index (χ0n) is 11.4. The summed E-state index contributed by atoms with van der Waals surface area (Å²) in [5, 5.41) is 1.54. The zero-order valence-corrected chi connectivity index (χ0v) is 13.8. The van der Waals surface area contributed by atoms with Crippen molar-refractivity contribution in [2.45, 2.75) is 30.0 Å². The molecule has 0 spiro atoms. The van der Waals surface area contributed by atoms with E-state index in [1.807, 2.05) is 19.1 Å². The molecule has 0 aliphatic heterocycles. The number of aryl methyl sites for hydroxylation is 1. The molecule has 1 nitrogen and oxygen atoms in total. The fraction of sp³-hybridized carbons (Fsp3) is 0.250. The van der Waals surface area contributed by atoms with Crippen molar-refractivity contribution in [3.8, 4) is 0 Å². The van der Waals surface area contributed by atoms with Gasteiger partial charge in [0, 0.05) is 21.2 Å². The third kappa shape index (κ3) is 3.92. The van der Waals surface area contributed by atoms with Gasteiger partial charge in [-0.2, -0.15) is 0 Å². The summed E-state index contributed by atoms with van der Waals surface area (Å²) >= 11 is 13.9. The number of rotatable bonds is 4. The van der Waals surface area contributed by atoms with Crippen molar-refractivity contribution in [3.05, 3.63) is 63.6 Å². The van der Waals surface area contributed by atoms with Gasteiger partial charge in [0.15, 0.2) is 0 Å². The SMILES string of the molecule is Cc1ccc(C(Sc2cc(Cl)ccc2Cl)C(C)N)cc1. The maximum atomic E-state index is 6.24. The number of nitrogens with two attached hydrogens (primary N) is 1. The van der Waals surface area contributed by atoms with Crippen molar-refractivity contribution < 1.29 is 0 Å². The Hall–Kier alpha value is -0.670. The first-order valence-electron chi connectivity index (χ1n) is 6.41. The molecule has 0 amide bonds. The molecule has 0 aliphatic carbocycles. The molecular formula is C16H17Cl2NS. The Kier molecular flexibility index (Phi) is 5.39. The van der Waals surface area contributed by atoms with Crippen molar-refractivity contribution in [3.63, 3.8) is 0 Å². The van der Waals surface area contributed by atoms with Gasteiger partial charge in [0.05, 0.1) is 5.02 Å². The summed E-state index contributed by atoms with van der Waals surface area (Å²) in [5.41, 5.74) is 8.59. The van der Waals surface area contributed by atoms with E-state index in [1.165, 1.54) is 11.1 Å². The average Bonchev–Trinajstić information content (AvgIpc) is 2.40. The van der Waals surface area contributed by atoms with E-state index in [2.05, 4.69) is 31.2 Å². The summed E-state index contributed by atoms with van der Waals surface area (Å²) < 4.78 is 0. The molecule has 2 N–H and O–H groups in total. The predicted octanol–water partition coefficient (Wildman–Crippen LogP) is 5.48. The Balaban J connectivity index is 2.30. The number of benzene rings is 2. The van der Waals surface area contributed by atoms with Crippen molar-refractivity contribution in [1.82, 2.24) is 0 Å². The molecule has 0 saturated carbocycles. The second kappa shape index (κ2) is 6.86. The third-order valence-corrected chi connectivity index (χ3v) is 5.25. The van der Waals surface area contributed by atoms with Crippen LogP contribution in [0.25, 0.3) is 0 Å². The van der Waals surface area contributed by atoms with Crippen molar-refractivity contribution in [1.29, 1.82) is 0 Å². The molecule has 0 aromatic heterocycles. The molecule has 0 saturated heterocycles. The van der Waals surface area contributed by atoms with Crippen LogP contribution >= 0.6 is 35.0 Å². The van der Waals surface area contributed by atoms with Crippen molar-refractivity contribution in [2.24, 2.45) is 5.73 Å². The summed E-state index contributed by atoms with van der Waals surface area (Å²) in [6, 6.07) is 14.0. The Morgan fingerprint density at radius 2 is 1.70 bits per heavy atom. The lowest BCUT2D eigenvalue weighted by Crippen LogP contribution is -2.22. The zero-order chi connectivity index (χ0) is 14.7. The van der Waals surface area contributed by atoms with Crippen LogP contribution in [0, 0.1) is 6.92 Å². The Morgan fingerprint density at radius 1 is 1.05 bits per heavy atom. The summed E-state index contributed by atoms with van der Waals surface area (Å²) in [6.45, 7) is 4.08. The quantitative estimate of drug-likeness (QED) is 0.753. The summed E-state index contributed by atoms with van der Waals surface area (Å²) in [6.07, 6.45) is 0. The monoisotopic (exact) mass is 325 g/mol. The number of hydrogen-bond acceptors (Lipinski definition) is 2. The van der Waals surface area contributed by atoms with Crippen LogP contribution in [0.15, 0.2) is 47.4 Å². The number of thioether (sulfide) groups is 1. The minimum absolute atomic E-state index is 0.0118. The summed E-state index contributed by atoms with van der Waals surface area (Å²) in [5.74, 6) is 0. The average molecular weight is 326 g/mol. The maximum Gasteiger partial charge on any atom is 0.0543 e. The molecule has 2 rings (SSSR count). The van der Waals surface area contributed by atoms with Gasteiger partial charge >= 0.3 is 0 Å². The van der Waals surface area contributed by atoms with E-state index in [-0.39, 0.29) is 11.3 Å². The molecule has 0 bridgehead atoms. The predicted molar refractivity (Wildman–Crippen MR) is 89.9 cm³/mol. The second-order valence-electron chi connectivity index (χ2n) is 4.88. The first-order chi connectivity index (χ1) is 9.47. The van der Waals surface area contributed by atoms with Gasteiger partial charge in [0.25, 0.3) is 0 Å². The molecule has 20 heavy (non-hydrogen) atoms. The fourth-order valence-corrected chi connectivity index (χ4v) is 3.58. The van der Waals surface area contributed by atoms with E-state index in [0.717, 1.165) is 4.90 Å². The number of hydrogen-bond donors (Lipinski definition) is 1. The van der Waals surface area contributed by atoms with Gasteiger partial charge in [0.1, 0.15) is 0 Å². The molecule has 0 radical (unpaired) electrons. The number of halogens is 2. The standard InChI is InChI=1S/C16H17Cl2NS/c1-10-3-5-12(6-4-10)16(11(2)19)20-15-9-13(17)7-8-14(15)18/h3-9,11,16H,19H2,1-2H3. The van der Waals surface area contributed by atoms with Crippen LogP contribution in [-0.2, 0) is 0 Å². The van der Waals surface area contributed by atoms with Crippen molar-refractivity contribution in [2.75, 3.05) is 0 Å². The van der Waals surface area contributed by atoms with Gasteiger partial charge in [-0.25, -0.2) is 0 Å². The largest absolute Gasteiger partial charge is 0.327 e. The van der Waals surface area contributed by atoms with Crippen LogP contribution in [0.2, 0.25) is 10.0 Å². The van der Waals surface area contributed by atoms with Gasteiger partial charge in [-0.15, -0.1) is 11.8 Å². The highest BCUT2D eigenvalue weighted by Crippen LogP contribution is 2.41. The molecular weight excluding hydrogens is 309 g/mol. The van der Waals surface area contributed by atoms with E-state index in [1.54, 1.807) is 17.8 Å². The normalized spacial score (nSPS) is 14.1. The highest BCUT2D eigenvalue weighted by atomic mass is 35.5. The van der Waals surface area contributed by atoms with Crippen molar-refractivity contribution >= 4 is 35.0 Å². The van der Waals surface area contributed by atoms with E-state index < -0.39 is 0 Å². The van der Waals surface area contributed by atoms with Crippen LogP contribution in [-0.4, -0.2) is 6.04 Å². The molecule has 0 fully saturated rings. The fourth-order valence-electron chi connectivity index (χ4n) is 1.94. The Morgan fingerprint density at radius 3 is 2.30 bits per heavy atom. The van der Waals surface area contributed by atoms with E-state index in [9.17, 15) is 0 Å². The van der Waals surface area contributed by atoms with E-state index >= 15 is 0 Å². The first kappa shape index (κ1) is 15.7. The molecule has 2 atom stereocenters. The molecule has 0 aliphatic rings. The summed E-state index contributed by atoms with van der Waals surface area (Å²) in [4.78, 5) is 0.960. The van der Waals surface area contributed by atoms with Gasteiger partial charge in [0.2, 0.25) is 0 Å². The smallest absolute Gasteiger partial charge is 0.0543 e. The second-order valence-corrected chi connectivity index (χ2v) is 6.91. The molecule has 106 valence electrons. The molecule has 2 unspecified atom stereocenters.